The molecule has 0 unspecified atom stereocenters. The van der Waals surface area contributed by atoms with Gasteiger partial charge in [-0.15, -0.1) is 0 Å². The van der Waals surface area contributed by atoms with E-state index in [1.165, 1.54) is 12.1 Å². The van der Waals surface area contributed by atoms with Crippen molar-refractivity contribution in [2.24, 2.45) is 0 Å². The summed E-state index contributed by atoms with van der Waals surface area (Å²) in [7, 11) is 1.15. The molecule has 76 valence electrons. The quantitative estimate of drug-likeness (QED) is 0.827. The average Bonchev–Trinajstić information content (AvgIpc) is 2.19. The summed E-state index contributed by atoms with van der Waals surface area (Å²) in [6, 6.07) is 3.71. The van der Waals surface area contributed by atoms with E-state index in [2.05, 4.69) is 20.7 Å². The monoisotopic (exact) mass is 262 g/mol. The van der Waals surface area contributed by atoms with Gasteiger partial charge < -0.3 is 9.84 Å². The zero-order chi connectivity index (χ0) is 10.7. The van der Waals surface area contributed by atoms with Crippen molar-refractivity contribution in [3.8, 4) is 0 Å². The molecule has 3 nitrogen and oxygen atoms in total. The van der Waals surface area contributed by atoms with Gasteiger partial charge in [-0.3, -0.25) is 0 Å². The van der Waals surface area contributed by atoms with Crippen molar-refractivity contribution in [2.45, 2.75) is 6.10 Å². The first kappa shape index (κ1) is 11.1. The highest BCUT2D eigenvalue weighted by Gasteiger charge is 2.20. The summed E-state index contributed by atoms with van der Waals surface area (Å²) in [6.07, 6.45) is -1.47. The van der Waals surface area contributed by atoms with E-state index in [1.807, 2.05) is 0 Å². The first-order valence-corrected chi connectivity index (χ1v) is 4.56. The summed E-state index contributed by atoms with van der Waals surface area (Å²) in [4.78, 5) is 11.0. The molecule has 0 saturated carbocycles. The van der Waals surface area contributed by atoms with Crippen LogP contribution in [0.3, 0.4) is 0 Å². The molecule has 14 heavy (non-hydrogen) atoms. The highest BCUT2D eigenvalue weighted by Crippen LogP contribution is 2.24. The molecule has 0 aliphatic carbocycles. The molecule has 5 heteroatoms. The zero-order valence-corrected chi connectivity index (χ0v) is 8.92. The van der Waals surface area contributed by atoms with Crippen LogP contribution in [0.25, 0.3) is 0 Å². The Morgan fingerprint density at radius 1 is 1.64 bits per heavy atom. The van der Waals surface area contributed by atoms with Gasteiger partial charge in [-0.05, 0) is 18.2 Å². The molecule has 1 aromatic rings. The number of halogens is 2. The Bertz CT molecular complexity index is 354. The number of carbonyl (C=O) groups is 1. The first-order chi connectivity index (χ1) is 6.56. The maximum atomic E-state index is 12.8. The maximum absolute atomic E-state index is 12.8. The van der Waals surface area contributed by atoms with Crippen LogP contribution in [0, 0.1) is 5.82 Å². The van der Waals surface area contributed by atoms with E-state index in [1.54, 1.807) is 0 Å². The van der Waals surface area contributed by atoms with Crippen molar-refractivity contribution in [3.63, 3.8) is 0 Å². The highest BCUT2D eigenvalue weighted by molar-refractivity contribution is 9.10. The van der Waals surface area contributed by atoms with Gasteiger partial charge in [0.2, 0.25) is 0 Å². The molecule has 0 aliphatic rings. The third-order valence-corrected chi connectivity index (χ3v) is 2.40. The fourth-order valence-electron chi connectivity index (χ4n) is 0.963. The van der Waals surface area contributed by atoms with Gasteiger partial charge in [0.05, 0.1) is 7.11 Å². The van der Waals surface area contributed by atoms with E-state index in [-0.39, 0.29) is 5.56 Å². The number of carbonyl (C=O) groups excluding carboxylic acids is 1. The Balaban J connectivity index is 3.05. The third-order valence-electron chi connectivity index (χ3n) is 1.68. The van der Waals surface area contributed by atoms with E-state index in [0.29, 0.717) is 4.47 Å². The van der Waals surface area contributed by atoms with Crippen LogP contribution in [-0.2, 0) is 9.53 Å². The fourth-order valence-corrected chi connectivity index (χ4v) is 1.43. The van der Waals surface area contributed by atoms with E-state index in [0.717, 1.165) is 13.2 Å². The Morgan fingerprint density at radius 2 is 2.29 bits per heavy atom. The van der Waals surface area contributed by atoms with Gasteiger partial charge in [0.1, 0.15) is 5.82 Å². The van der Waals surface area contributed by atoms with Crippen LogP contribution in [0.1, 0.15) is 11.7 Å². The highest BCUT2D eigenvalue weighted by atomic mass is 79.9. The Hall–Kier alpha value is -0.940. The number of benzene rings is 1. The molecular formula is C9H8BrFO3. The number of methoxy groups -OCH3 is 1. The van der Waals surface area contributed by atoms with Crippen LogP contribution < -0.4 is 0 Å². The first-order valence-electron chi connectivity index (χ1n) is 3.77. The predicted octanol–water partition coefficient (Wildman–Crippen LogP) is 1.79. The maximum Gasteiger partial charge on any atom is 0.339 e. The number of ether oxygens (including phenoxy) is 1. The van der Waals surface area contributed by atoms with Gasteiger partial charge >= 0.3 is 5.97 Å². The molecule has 0 amide bonds. The Morgan fingerprint density at radius 3 is 2.86 bits per heavy atom. The lowest BCUT2D eigenvalue weighted by atomic mass is 10.1. The van der Waals surface area contributed by atoms with Crippen LogP contribution in [0.4, 0.5) is 4.39 Å². The lowest BCUT2D eigenvalue weighted by Crippen LogP contribution is -2.14. The van der Waals surface area contributed by atoms with Crippen molar-refractivity contribution in [2.75, 3.05) is 7.11 Å². The summed E-state index contributed by atoms with van der Waals surface area (Å²) < 4.78 is 17.6. The molecular weight excluding hydrogens is 255 g/mol. The smallest absolute Gasteiger partial charge is 0.339 e. The lowest BCUT2D eigenvalue weighted by molar-refractivity contribution is -0.150. The van der Waals surface area contributed by atoms with Crippen molar-refractivity contribution in [1.82, 2.24) is 0 Å². The second kappa shape index (κ2) is 4.52. The Kier molecular flexibility index (Phi) is 3.60. The average molecular weight is 263 g/mol. The minimum absolute atomic E-state index is 0.150. The second-order valence-electron chi connectivity index (χ2n) is 2.59. The van der Waals surface area contributed by atoms with Crippen LogP contribution in [-0.4, -0.2) is 18.2 Å². The molecule has 0 saturated heterocycles. The number of esters is 1. The number of rotatable bonds is 2. The van der Waals surface area contributed by atoms with Gasteiger partial charge in [-0.1, -0.05) is 15.9 Å². The molecule has 0 heterocycles. The van der Waals surface area contributed by atoms with Gasteiger partial charge in [-0.25, -0.2) is 9.18 Å². The molecule has 0 fully saturated rings. The minimum Gasteiger partial charge on any atom is -0.467 e. The summed E-state index contributed by atoms with van der Waals surface area (Å²) in [6.45, 7) is 0. The minimum atomic E-state index is -1.47. The van der Waals surface area contributed by atoms with Gasteiger partial charge in [-0.2, -0.15) is 0 Å². The standard InChI is InChI=1S/C9H8BrFO3/c1-14-9(13)8(12)6-4-5(11)2-3-7(6)10/h2-4,8,12H,1H3/t8-/m0/s1. The van der Waals surface area contributed by atoms with E-state index < -0.39 is 17.9 Å². The van der Waals surface area contributed by atoms with Crippen molar-refractivity contribution in [1.29, 1.82) is 0 Å². The predicted molar refractivity (Wildman–Crippen MR) is 51.1 cm³/mol. The molecule has 1 N–H and O–H groups in total. The lowest BCUT2D eigenvalue weighted by Gasteiger charge is -2.10. The van der Waals surface area contributed by atoms with E-state index in [9.17, 15) is 14.3 Å². The molecule has 0 spiro atoms. The number of hydrogen-bond acceptors (Lipinski definition) is 3. The third kappa shape index (κ3) is 2.30. The van der Waals surface area contributed by atoms with Crippen molar-refractivity contribution >= 4 is 21.9 Å². The molecule has 1 rings (SSSR count). The molecule has 0 radical (unpaired) electrons. The summed E-state index contributed by atoms with van der Waals surface area (Å²) in [5.41, 5.74) is 0.150. The fraction of sp³-hybridized carbons (Fsp3) is 0.222. The summed E-state index contributed by atoms with van der Waals surface area (Å²) in [5, 5.41) is 9.42. The SMILES string of the molecule is COC(=O)[C@@H](O)c1cc(F)ccc1Br. The molecule has 0 bridgehead atoms. The molecule has 1 aromatic carbocycles. The normalized spacial score (nSPS) is 12.3. The van der Waals surface area contributed by atoms with Crippen LogP contribution in [0.2, 0.25) is 0 Å². The van der Waals surface area contributed by atoms with Gasteiger partial charge in [0.15, 0.2) is 6.10 Å². The number of aliphatic hydroxyl groups is 1. The van der Waals surface area contributed by atoms with Crippen LogP contribution in [0.15, 0.2) is 22.7 Å². The summed E-state index contributed by atoms with van der Waals surface area (Å²) >= 11 is 3.09. The number of hydrogen-bond donors (Lipinski definition) is 1. The van der Waals surface area contributed by atoms with E-state index in [4.69, 9.17) is 0 Å². The van der Waals surface area contributed by atoms with Crippen molar-refractivity contribution < 1.29 is 19.0 Å². The number of aliphatic hydroxyl groups excluding tert-OH is 1. The van der Waals surface area contributed by atoms with E-state index >= 15 is 0 Å². The molecule has 0 aromatic heterocycles. The molecule has 0 aliphatic heterocycles. The van der Waals surface area contributed by atoms with Gasteiger partial charge in [0.25, 0.3) is 0 Å². The summed E-state index contributed by atoms with van der Waals surface area (Å²) in [5.74, 6) is -1.34. The Labute approximate surface area is 88.6 Å². The largest absolute Gasteiger partial charge is 0.467 e. The topological polar surface area (TPSA) is 46.5 Å². The van der Waals surface area contributed by atoms with Crippen LogP contribution >= 0.6 is 15.9 Å². The zero-order valence-electron chi connectivity index (χ0n) is 7.33. The van der Waals surface area contributed by atoms with Gasteiger partial charge in [0, 0.05) is 10.0 Å². The second-order valence-corrected chi connectivity index (χ2v) is 3.45. The molecule has 1 atom stereocenters. The van der Waals surface area contributed by atoms with Crippen LogP contribution in [0.5, 0.6) is 0 Å². The van der Waals surface area contributed by atoms with Crippen molar-refractivity contribution in [3.05, 3.63) is 34.1 Å².